The largest absolute Gasteiger partial charge is 0.396 e. The lowest BCUT2D eigenvalue weighted by atomic mass is 10.3. The minimum absolute atomic E-state index is 0.194. The predicted octanol–water partition coefficient (Wildman–Crippen LogP) is -1.52. The smallest absolute Gasteiger partial charge is 0.282 e. The minimum Gasteiger partial charge on any atom is -0.396 e. The van der Waals surface area contributed by atoms with Crippen LogP contribution >= 0.6 is 0 Å². The third-order valence-corrected chi connectivity index (χ3v) is 6.11. The fourth-order valence-corrected chi connectivity index (χ4v) is 4.24. The Kier molecular flexibility index (Phi) is 5.76. The maximum absolute atomic E-state index is 12.5. The third kappa shape index (κ3) is 3.90. The molecule has 20 heavy (non-hydrogen) atoms. The molecule has 0 aromatic rings. The molecule has 118 valence electrons. The third-order valence-electron chi connectivity index (χ3n) is 4.08. The Morgan fingerprint density at radius 3 is 1.90 bits per heavy atom. The zero-order chi connectivity index (χ0) is 14.6. The van der Waals surface area contributed by atoms with E-state index in [-0.39, 0.29) is 6.61 Å². The molecule has 2 rings (SSSR count). The first-order chi connectivity index (χ1) is 9.54. The fourth-order valence-electron chi connectivity index (χ4n) is 2.66. The van der Waals surface area contributed by atoms with Gasteiger partial charge in [0.05, 0.1) is 0 Å². The zero-order valence-electron chi connectivity index (χ0n) is 12.2. The maximum atomic E-state index is 12.5. The second-order valence-electron chi connectivity index (χ2n) is 5.53. The molecule has 0 radical (unpaired) electrons. The first-order valence-electron chi connectivity index (χ1n) is 7.31. The standard InChI is InChI=1S/C12H26N4O3S/c1-13-4-8-15(9-5-13)20(18,19)16-10-6-14(7-11-16)3-2-12-17/h17H,2-12H2,1H3. The molecule has 0 spiro atoms. The van der Waals surface area contributed by atoms with Crippen molar-refractivity contribution in [1.82, 2.24) is 18.4 Å². The number of aliphatic hydroxyl groups is 1. The first kappa shape index (κ1) is 16.1. The van der Waals surface area contributed by atoms with Gasteiger partial charge in [-0.25, -0.2) is 0 Å². The van der Waals surface area contributed by atoms with Gasteiger partial charge in [0.2, 0.25) is 0 Å². The molecule has 0 aromatic carbocycles. The van der Waals surface area contributed by atoms with E-state index in [1.807, 2.05) is 7.05 Å². The molecule has 0 atom stereocenters. The molecule has 0 aliphatic carbocycles. The highest BCUT2D eigenvalue weighted by atomic mass is 32.2. The van der Waals surface area contributed by atoms with Crippen LogP contribution in [-0.4, -0.2) is 104 Å². The van der Waals surface area contributed by atoms with Gasteiger partial charge < -0.3 is 14.9 Å². The summed E-state index contributed by atoms with van der Waals surface area (Å²) in [5.74, 6) is 0. The zero-order valence-corrected chi connectivity index (χ0v) is 13.1. The molecule has 2 aliphatic rings. The van der Waals surface area contributed by atoms with Crippen LogP contribution in [0.2, 0.25) is 0 Å². The average molecular weight is 306 g/mol. The highest BCUT2D eigenvalue weighted by molar-refractivity contribution is 7.86. The molecule has 8 heteroatoms. The molecule has 1 N–H and O–H groups in total. The van der Waals surface area contributed by atoms with Crippen molar-refractivity contribution in [2.45, 2.75) is 6.42 Å². The summed E-state index contributed by atoms with van der Waals surface area (Å²) in [5.41, 5.74) is 0. The van der Waals surface area contributed by atoms with Gasteiger partial charge in [-0.05, 0) is 13.5 Å². The van der Waals surface area contributed by atoms with E-state index < -0.39 is 10.2 Å². The van der Waals surface area contributed by atoms with Gasteiger partial charge in [-0.1, -0.05) is 0 Å². The van der Waals surface area contributed by atoms with Gasteiger partial charge in [-0.15, -0.1) is 0 Å². The average Bonchev–Trinajstić information content (AvgIpc) is 2.46. The summed E-state index contributed by atoms with van der Waals surface area (Å²) in [5, 5.41) is 8.83. The number of rotatable bonds is 5. The SMILES string of the molecule is CN1CCN(S(=O)(=O)N2CCN(CCCO)CC2)CC1. The van der Waals surface area contributed by atoms with E-state index in [1.54, 1.807) is 8.61 Å². The van der Waals surface area contributed by atoms with E-state index in [9.17, 15) is 8.42 Å². The second-order valence-corrected chi connectivity index (χ2v) is 7.46. The van der Waals surface area contributed by atoms with Gasteiger partial charge in [-0.3, -0.25) is 0 Å². The Labute approximate surface area is 121 Å². The topological polar surface area (TPSA) is 67.3 Å². The highest BCUT2D eigenvalue weighted by Crippen LogP contribution is 2.14. The van der Waals surface area contributed by atoms with E-state index in [0.717, 1.165) is 39.1 Å². The Morgan fingerprint density at radius 2 is 1.40 bits per heavy atom. The van der Waals surface area contributed by atoms with Crippen molar-refractivity contribution in [3.63, 3.8) is 0 Å². The molecule has 0 bridgehead atoms. The Balaban J connectivity index is 1.85. The monoisotopic (exact) mass is 306 g/mol. The number of likely N-dealkylation sites (N-methyl/N-ethyl adjacent to an activating group) is 1. The summed E-state index contributed by atoms with van der Waals surface area (Å²) in [6.45, 7) is 6.44. The van der Waals surface area contributed by atoms with Gasteiger partial charge in [-0.2, -0.15) is 17.0 Å². The summed E-state index contributed by atoms with van der Waals surface area (Å²) in [6, 6.07) is 0. The van der Waals surface area contributed by atoms with E-state index >= 15 is 0 Å². The van der Waals surface area contributed by atoms with Crippen molar-refractivity contribution in [1.29, 1.82) is 0 Å². The van der Waals surface area contributed by atoms with Crippen LogP contribution < -0.4 is 0 Å². The molecule has 2 fully saturated rings. The van der Waals surface area contributed by atoms with Crippen molar-refractivity contribution in [2.75, 3.05) is 72.6 Å². The molecule has 0 aromatic heterocycles. The normalized spacial score (nSPS) is 25.1. The summed E-state index contributed by atoms with van der Waals surface area (Å²) < 4.78 is 28.3. The van der Waals surface area contributed by atoms with Crippen LogP contribution in [0.25, 0.3) is 0 Å². The van der Waals surface area contributed by atoms with Crippen LogP contribution in [0.4, 0.5) is 0 Å². The van der Waals surface area contributed by atoms with Gasteiger partial charge in [0.15, 0.2) is 0 Å². The first-order valence-corrected chi connectivity index (χ1v) is 8.70. The van der Waals surface area contributed by atoms with Crippen molar-refractivity contribution in [3.8, 4) is 0 Å². The van der Waals surface area contributed by atoms with Gasteiger partial charge >= 0.3 is 0 Å². The van der Waals surface area contributed by atoms with Crippen molar-refractivity contribution in [2.24, 2.45) is 0 Å². The van der Waals surface area contributed by atoms with Crippen LogP contribution in [0.3, 0.4) is 0 Å². The molecule has 0 unspecified atom stereocenters. The molecule has 7 nitrogen and oxygen atoms in total. The fraction of sp³-hybridized carbons (Fsp3) is 1.00. The van der Waals surface area contributed by atoms with Crippen LogP contribution in [0.1, 0.15) is 6.42 Å². The van der Waals surface area contributed by atoms with Gasteiger partial charge in [0.25, 0.3) is 10.2 Å². The molecule has 0 amide bonds. The van der Waals surface area contributed by atoms with Crippen LogP contribution in [-0.2, 0) is 10.2 Å². The van der Waals surface area contributed by atoms with Gasteiger partial charge in [0.1, 0.15) is 0 Å². The number of hydrogen-bond acceptors (Lipinski definition) is 5. The van der Waals surface area contributed by atoms with Crippen LogP contribution in [0, 0.1) is 0 Å². The molecule has 0 saturated carbocycles. The molecular formula is C12H26N4O3S. The maximum Gasteiger partial charge on any atom is 0.282 e. The van der Waals surface area contributed by atoms with Crippen LogP contribution in [0.15, 0.2) is 0 Å². The number of aliphatic hydroxyl groups excluding tert-OH is 1. The van der Waals surface area contributed by atoms with E-state index in [1.165, 1.54) is 0 Å². The Bertz CT molecular complexity index is 388. The molecule has 2 aliphatic heterocycles. The lowest BCUT2D eigenvalue weighted by Gasteiger charge is -2.39. The second kappa shape index (κ2) is 7.15. The molecule has 2 heterocycles. The molecule has 2 saturated heterocycles. The Morgan fingerprint density at radius 1 is 0.900 bits per heavy atom. The molecular weight excluding hydrogens is 280 g/mol. The van der Waals surface area contributed by atoms with Crippen molar-refractivity contribution >= 4 is 10.2 Å². The minimum atomic E-state index is -3.29. The van der Waals surface area contributed by atoms with Crippen molar-refractivity contribution < 1.29 is 13.5 Å². The van der Waals surface area contributed by atoms with Crippen molar-refractivity contribution in [3.05, 3.63) is 0 Å². The summed E-state index contributed by atoms with van der Waals surface area (Å²) in [7, 11) is -1.27. The van der Waals surface area contributed by atoms with Crippen LogP contribution in [0.5, 0.6) is 0 Å². The predicted molar refractivity (Wildman–Crippen MR) is 77.7 cm³/mol. The van der Waals surface area contributed by atoms with E-state index in [2.05, 4.69) is 9.80 Å². The van der Waals surface area contributed by atoms with Gasteiger partial charge in [0, 0.05) is 65.5 Å². The van der Waals surface area contributed by atoms with E-state index in [4.69, 9.17) is 5.11 Å². The summed E-state index contributed by atoms with van der Waals surface area (Å²) in [4.78, 5) is 4.37. The summed E-state index contributed by atoms with van der Waals surface area (Å²) >= 11 is 0. The number of hydrogen-bond donors (Lipinski definition) is 1. The number of nitrogens with zero attached hydrogens (tertiary/aromatic N) is 4. The van der Waals surface area contributed by atoms with E-state index in [0.29, 0.717) is 26.2 Å². The Hall–Kier alpha value is -0.250. The lowest BCUT2D eigenvalue weighted by Crippen LogP contribution is -2.56. The number of piperazine rings is 2. The quantitative estimate of drug-likeness (QED) is 0.668. The highest BCUT2D eigenvalue weighted by Gasteiger charge is 2.33. The summed E-state index contributed by atoms with van der Waals surface area (Å²) in [6.07, 6.45) is 0.755. The lowest BCUT2D eigenvalue weighted by molar-refractivity contribution is 0.159.